The van der Waals surface area contributed by atoms with Gasteiger partial charge in [0.15, 0.2) is 5.69 Å². The number of fused-ring (bicyclic) bond motifs is 1. The van der Waals surface area contributed by atoms with Gasteiger partial charge in [0, 0.05) is 26.1 Å². The van der Waals surface area contributed by atoms with Gasteiger partial charge in [-0.3, -0.25) is 4.79 Å². The van der Waals surface area contributed by atoms with Gasteiger partial charge in [0.1, 0.15) is 17.4 Å². The average Bonchev–Trinajstić information content (AvgIpc) is 3.22. The molecular formula is C19H19F4N5O4. The lowest BCUT2D eigenvalue weighted by Crippen LogP contribution is -2.40. The van der Waals surface area contributed by atoms with Crippen molar-refractivity contribution in [3.05, 3.63) is 47.2 Å². The van der Waals surface area contributed by atoms with Gasteiger partial charge in [-0.2, -0.15) is 13.2 Å². The summed E-state index contributed by atoms with van der Waals surface area (Å²) in [5, 5.41) is 13.1. The molecule has 4 rings (SSSR count). The molecule has 1 fully saturated rings. The number of carbonyl (C=O) groups excluding carboxylic acids is 1. The Morgan fingerprint density at radius 2 is 1.97 bits per heavy atom. The van der Waals surface area contributed by atoms with Gasteiger partial charge in [0.25, 0.3) is 5.91 Å². The van der Waals surface area contributed by atoms with E-state index in [4.69, 9.17) is 14.3 Å². The zero-order valence-corrected chi connectivity index (χ0v) is 16.7. The molecule has 0 saturated carbocycles. The van der Waals surface area contributed by atoms with Crippen LogP contribution in [0.1, 0.15) is 33.9 Å². The van der Waals surface area contributed by atoms with Crippen LogP contribution >= 0.6 is 0 Å². The minimum Gasteiger partial charge on any atom is -0.475 e. The van der Waals surface area contributed by atoms with Crippen molar-refractivity contribution in [2.24, 2.45) is 0 Å². The number of benzene rings is 1. The van der Waals surface area contributed by atoms with E-state index in [1.54, 1.807) is 13.0 Å². The molecule has 3 aromatic rings. The lowest BCUT2D eigenvalue weighted by atomic mass is 10.0. The van der Waals surface area contributed by atoms with Gasteiger partial charge in [-0.05, 0) is 25.1 Å². The number of aromatic nitrogens is 3. The minimum absolute atomic E-state index is 0.246. The van der Waals surface area contributed by atoms with E-state index in [1.165, 1.54) is 12.1 Å². The maximum atomic E-state index is 13.2. The first kappa shape index (κ1) is 23.2. The standard InChI is InChI=1S/C17H18FN5O2.C2HF3O2/c1-9-15(23-17(25-9)10-7-19-8-10)16(24)20-5-4-14-21-12-3-2-11(18)6-13(12)22-14;3-2(4,5)1(6)7/h2-3,6,10,19H,4-5,7-8H2,1H3,(H,20,24)(H,21,22);(H,6,7). The number of H-pyrrole nitrogens is 1. The van der Waals surface area contributed by atoms with Crippen LogP contribution in [-0.2, 0) is 11.2 Å². The van der Waals surface area contributed by atoms with E-state index in [0.29, 0.717) is 47.2 Å². The van der Waals surface area contributed by atoms with Crippen molar-refractivity contribution in [3.8, 4) is 0 Å². The van der Waals surface area contributed by atoms with Crippen LogP contribution in [0.3, 0.4) is 0 Å². The molecule has 0 bridgehead atoms. The molecule has 0 aliphatic carbocycles. The van der Waals surface area contributed by atoms with Crippen LogP contribution in [0.25, 0.3) is 11.0 Å². The number of carboxylic acids is 1. The Bertz CT molecular complexity index is 1120. The number of hydrogen-bond acceptors (Lipinski definition) is 6. The van der Waals surface area contributed by atoms with Gasteiger partial charge in [-0.25, -0.2) is 19.2 Å². The number of carbonyl (C=O) groups is 2. The van der Waals surface area contributed by atoms with E-state index in [9.17, 15) is 22.4 Å². The molecule has 4 N–H and O–H groups in total. The van der Waals surface area contributed by atoms with Crippen LogP contribution < -0.4 is 10.6 Å². The summed E-state index contributed by atoms with van der Waals surface area (Å²) in [5.41, 5.74) is 1.68. The number of aromatic amines is 1. The summed E-state index contributed by atoms with van der Waals surface area (Å²) in [7, 11) is 0. The van der Waals surface area contributed by atoms with E-state index >= 15 is 0 Å². The molecule has 172 valence electrons. The number of imidazole rings is 1. The number of halogens is 4. The van der Waals surface area contributed by atoms with Gasteiger partial charge >= 0.3 is 12.1 Å². The van der Waals surface area contributed by atoms with Crippen molar-refractivity contribution in [2.75, 3.05) is 19.6 Å². The number of amides is 1. The lowest BCUT2D eigenvalue weighted by Gasteiger charge is -2.23. The summed E-state index contributed by atoms with van der Waals surface area (Å²) >= 11 is 0. The smallest absolute Gasteiger partial charge is 0.475 e. The second kappa shape index (κ2) is 9.34. The number of aliphatic carboxylic acids is 1. The Kier molecular flexibility index (Phi) is 6.77. The van der Waals surface area contributed by atoms with Crippen LogP contribution in [0.5, 0.6) is 0 Å². The summed E-state index contributed by atoms with van der Waals surface area (Å²) in [6.45, 7) is 3.79. The van der Waals surface area contributed by atoms with Crippen molar-refractivity contribution < 1.29 is 36.7 Å². The highest BCUT2D eigenvalue weighted by Crippen LogP contribution is 2.21. The van der Waals surface area contributed by atoms with Gasteiger partial charge in [0.2, 0.25) is 5.89 Å². The van der Waals surface area contributed by atoms with Crippen LogP contribution in [0.15, 0.2) is 22.6 Å². The summed E-state index contributed by atoms with van der Waals surface area (Å²) < 4.78 is 50.5. The molecule has 13 heteroatoms. The molecule has 1 aliphatic rings. The third-order valence-electron chi connectivity index (χ3n) is 4.54. The summed E-state index contributed by atoms with van der Waals surface area (Å²) in [5.74, 6) is -1.25. The zero-order chi connectivity index (χ0) is 23.5. The van der Waals surface area contributed by atoms with Crippen LogP contribution in [0.2, 0.25) is 0 Å². The van der Waals surface area contributed by atoms with Crippen LogP contribution in [0, 0.1) is 12.7 Å². The fourth-order valence-corrected chi connectivity index (χ4v) is 2.80. The quantitative estimate of drug-likeness (QED) is 0.432. The number of hydrogen-bond donors (Lipinski definition) is 4. The van der Waals surface area contributed by atoms with Crippen molar-refractivity contribution >= 4 is 22.9 Å². The first-order valence-electron chi connectivity index (χ1n) is 9.45. The fraction of sp³-hybridized carbons (Fsp3) is 0.368. The van der Waals surface area contributed by atoms with Crippen molar-refractivity contribution in [3.63, 3.8) is 0 Å². The molecule has 0 radical (unpaired) electrons. The molecule has 3 heterocycles. The fourth-order valence-electron chi connectivity index (χ4n) is 2.80. The highest BCUT2D eigenvalue weighted by molar-refractivity contribution is 5.93. The summed E-state index contributed by atoms with van der Waals surface area (Å²) in [6, 6.07) is 4.40. The number of nitrogens with one attached hydrogen (secondary N) is 3. The molecule has 1 saturated heterocycles. The normalized spacial score (nSPS) is 13.9. The molecule has 0 spiro atoms. The molecular weight excluding hydrogens is 438 g/mol. The van der Waals surface area contributed by atoms with E-state index in [2.05, 4.69) is 25.6 Å². The first-order chi connectivity index (χ1) is 15.0. The van der Waals surface area contributed by atoms with Crippen molar-refractivity contribution in [1.82, 2.24) is 25.6 Å². The van der Waals surface area contributed by atoms with E-state index in [-0.39, 0.29) is 17.6 Å². The van der Waals surface area contributed by atoms with Crippen LogP contribution in [0.4, 0.5) is 17.6 Å². The number of alkyl halides is 3. The zero-order valence-electron chi connectivity index (χ0n) is 16.7. The second-order valence-corrected chi connectivity index (χ2v) is 6.97. The average molecular weight is 457 g/mol. The number of carboxylic acid groups (broad SMARTS) is 1. The van der Waals surface area contributed by atoms with Crippen LogP contribution in [-0.4, -0.2) is 57.7 Å². The Labute approximate surface area is 178 Å². The highest BCUT2D eigenvalue weighted by atomic mass is 19.4. The van der Waals surface area contributed by atoms with E-state index in [1.807, 2.05) is 0 Å². The third kappa shape index (κ3) is 5.60. The Morgan fingerprint density at radius 3 is 2.56 bits per heavy atom. The van der Waals surface area contributed by atoms with Gasteiger partial charge in [0.05, 0.1) is 17.0 Å². The maximum absolute atomic E-state index is 13.2. The Morgan fingerprint density at radius 1 is 1.28 bits per heavy atom. The maximum Gasteiger partial charge on any atom is 0.490 e. The van der Waals surface area contributed by atoms with E-state index in [0.717, 1.165) is 13.1 Å². The molecule has 1 aromatic carbocycles. The topological polar surface area (TPSA) is 133 Å². The molecule has 0 unspecified atom stereocenters. The molecule has 1 aliphatic heterocycles. The highest BCUT2D eigenvalue weighted by Gasteiger charge is 2.38. The lowest BCUT2D eigenvalue weighted by molar-refractivity contribution is -0.192. The molecule has 2 aromatic heterocycles. The number of aryl methyl sites for hydroxylation is 1. The SMILES string of the molecule is Cc1oc(C2CNC2)nc1C(=O)NCCc1nc2ccc(F)cc2[nH]1.O=C(O)C(F)(F)F. The third-order valence-corrected chi connectivity index (χ3v) is 4.54. The van der Waals surface area contributed by atoms with Gasteiger partial charge in [-0.15, -0.1) is 0 Å². The summed E-state index contributed by atoms with van der Waals surface area (Å²) in [6.07, 6.45) is -4.57. The summed E-state index contributed by atoms with van der Waals surface area (Å²) in [4.78, 5) is 32.9. The number of rotatable bonds is 5. The largest absolute Gasteiger partial charge is 0.490 e. The predicted molar refractivity (Wildman–Crippen MR) is 103 cm³/mol. The Hall–Kier alpha value is -3.48. The predicted octanol–water partition coefficient (Wildman–Crippen LogP) is 2.29. The van der Waals surface area contributed by atoms with E-state index < -0.39 is 12.1 Å². The monoisotopic (exact) mass is 457 g/mol. The van der Waals surface area contributed by atoms with Crippen molar-refractivity contribution in [1.29, 1.82) is 0 Å². The number of oxazole rings is 1. The van der Waals surface area contributed by atoms with Gasteiger partial charge in [-0.1, -0.05) is 0 Å². The van der Waals surface area contributed by atoms with Crippen molar-refractivity contribution in [2.45, 2.75) is 25.4 Å². The molecule has 32 heavy (non-hydrogen) atoms. The minimum atomic E-state index is -5.08. The number of nitrogens with zero attached hydrogens (tertiary/aromatic N) is 2. The second-order valence-electron chi connectivity index (χ2n) is 6.97. The Balaban J connectivity index is 0.000000360. The molecule has 1 amide bonds. The first-order valence-corrected chi connectivity index (χ1v) is 9.45. The van der Waals surface area contributed by atoms with Gasteiger partial charge < -0.3 is 25.1 Å². The molecule has 9 nitrogen and oxygen atoms in total. The molecule has 0 atom stereocenters.